The molecule has 1 saturated heterocycles. The van der Waals surface area contributed by atoms with Gasteiger partial charge in [-0.05, 0) is 29.5 Å². The zero-order valence-electron chi connectivity index (χ0n) is 11.4. The number of imide groups is 1. The Kier molecular flexibility index (Phi) is 2.31. The number of nitrogens with two attached hydrogens (primary N) is 1. The average molecular weight is 258 g/mol. The van der Waals surface area contributed by atoms with Gasteiger partial charge in [0.25, 0.3) is 0 Å². The number of anilines is 1. The summed E-state index contributed by atoms with van der Waals surface area (Å²) in [5.74, 6) is -0.272. The van der Waals surface area contributed by atoms with E-state index in [-0.39, 0.29) is 29.1 Å². The number of nitrogen functional groups attached to an aromatic ring is 1. The van der Waals surface area contributed by atoms with E-state index in [4.69, 9.17) is 5.73 Å². The monoisotopic (exact) mass is 258 g/mol. The molecule has 1 heterocycles. The van der Waals surface area contributed by atoms with Crippen LogP contribution in [-0.4, -0.2) is 16.7 Å². The van der Waals surface area contributed by atoms with Crippen molar-refractivity contribution in [1.82, 2.24) is 4.90 Å². The predicted molar refractivity (Wildman–Crippen MR) is 71.9 cm³/mol. The molecule has 2 atom stereocenters. The van der Waals surface area contributed by atoms with E-state index in [1.807, 2.05) is 39.0 Å². The Bertz CT molecular complexity index is 568. The third kappa shape index (κ3) is 1.52. The number of hydrogen-bond acceptors (Lipinski definition) is 3. The number of rotatable bonds is 2. The molecule has 0 spiro atoms. The summed E-state index contributed by atoms with van der Waals surface area (Å²) >= 11 is 0. The highest BCUT2D eigenvalue weighted by Crippen LogP contribution is 2.63. The molecule has 2 amide bonds. The molecule has 1 aliphatic carbocycles. The number of nitrogens with zero attached hydrogens (tertiary/aromatic N) is 1. The van der Waals surface area contributed by atoms with Crippen LogP contribution in [0.5, 0.6) is 0 Å². The molecule has 0 aromatic heterocycles. The third-order valence-corrected chi connectivity index (χ3v) is 4.71. The first-order chi connectivity index (χ1) is 8.85. The highest BCUT2D eigenvalue weighted by Gasteiger charge is 2.72. The molecule has 0 radical (unpaired) electrons. The number of hydrogen-bond donors (Lipinski definition) is 1. The molecule has 4 heteroatoms. The largest absolute Gasteiger partial charge is 0.399 e. The van der Waals surface area contributed by atoms with Crippen molar-refractivity contribution in [3.8, 4) is 0 Å². The summed E-state index contributed by atoms with van der Waals surface area (Å²) in [5, 5.41) is 0. The average Bonchev–Trinajstić information content (AvgIpc) is 2.81. The van der Waals surface area contributed by atoms with Crippen molar-refractivity contribution in [2.75, 3.05) is 5.73 Å². The Morgan fingerprint density at radius 2 is 1.79 bits per heavy atom. The maximum atomic E-state index is 12.2. The second kappa shape index (κ2) is 3.59. The van der Waals surface area contributed by atoms with Gasteiger partial charge in [-0.1, -0.05) is 26.0 Å². The summed E-state index contributed by atoms with van der Waals surface area (Å²) in [6, 6.07) is 5.60. The second-order valence-corrected chi connectivity index (χ2v) is 6.17. The van der Waals surface area contributed by atoms with Crippen LogP contribution in [0.15, 0.2) is 18.2 Å². The van der Waals surface area contributed by atoms with E-state index < -0.39 is 0 Å². The zero-order valence-corrected chi connectivity index (χ0v) is 11.4. The van der Waals surface area contributed by atoms with Crippen LogP contribution in [0.3, 0.4) is 0 Å². The van der Waals surface area contributed by atoms with Crippen LogP contribution in [0.1, 0.15) is 25.0 Å². The van der Waals surface area contributed by atoms with Crippen molar-refractivity contribution in [1.29, 1.82) is 0 Å². The van der Waals surface area contributed by atoms with E-state index >= 15 is 0 Å². The van der Waals surface area contributed by atoms with Gasteiger partial charge in [0.2, 0.25) is 11.8 Å². The fourth-order valence-electron chi connectivity index (χ4n) is 3.20. The molecule has 2 N–H and O–H groups in total. The van der Waals surface area contributed by atoms with Gasteiger partial charge in [0.15, 0.2) is 0 Å². The fraction of sp³-hybridized carbons (Fsp3) is 0.467. The number of amides is 2. The normalized spacial score (nSPS) is 27.6. The van der Waals surface area contributed by atoms with Crippen LogP contribution in [0.25, 0.3) is 0 Å². The van der Waals surface area contributed by atoms with Gasteiger partial charge in [0.1, 0.15) is 0 Å². The molecule has 4 nitrogen and oxygen atoms in total. The predicted octanol–water partition coefficient (Wildman–Crippen LogP) is 1.72. The minimum absolute atomic E-state index is 0.0261. The van der Waals surface area contributed by atoms with Gasteiger partial charge in [0.05, 0.1) is 18.4 Å². The van der Waals surface area contributed by atoms with Crippen molar-refractivity contribution in [3.63, 3.8) is 0 Å². The minimum Gasteiger partial charge on any atom is -0.399 e. The maximum absolute atomic E-state index is 12.2. The highest BCUT2D eigenvalue weighted by molar-refractivity contribution is 6.10. The number of benzene rings is 1. The molecule has 100 valence electrons. The molecule has 2 aliphatic rings. The van der Waals surface area contributed by atoms with Crippen molar-refractivity contribution in [2.45, 2.75) is 27.3 Å². The van der Waals surface area contributed by atoms with Gasteiger partial charge < -0.3 is 5.73 Å². The number of carbonyl (C=O) groups excluding carboxylic acids is 2. The Morgan fingerprint density at radius 3 is 2.37 bits per heavy atom. The van der Waals surface area contributed by atoms with Crippen LogP contribution in [0, 0.1) is 24.2 Å². The molecule has 19 heavy (non-hydrogen) atoms. The first kappa shape index (κ1) is 12.2. The summed E-state index contributed by atoms with van der Waals surface area (Å²) in [7, 11) is 0. The summed E-state index contributed by atoms with van der Waals surface area (Å²) in [5.41, 5.74) is 8.30. The molecule has 1 aliphatic heterocycles. The Balaban J connectivity index is 1.85. The number of fused-ring (bicyclic) bond motifs is 1. The molecule has 1 aromatic rings. The molecule has 3 rings (SSSR count). The lowest BCUT2D eigenvalue weighted by molar-refractivity contribution is -0.143. The van der Waals surface area contributed by atoms with E-state index in [0.717, 1.165) is 11.1 Å². The maximum Gasteiger partial charge on any atom is 0.233 e. The number of carbonyl (C=O) groups is 2. The Hall–Kier alpha value is -1.84. The van der Waals surface area contributed by atoms with E-state index in [1.54, 1.807) is 0 Å². The standard InChI is InChI=1S/C15H18N2O2/c1-8-9(5-4-6-10(8)16)7-17-13(18)11-12(14(17)19)15(11,2)3/h4-6,11-12H,7,16H2,1-3H3. The van der Waals surface area contributed by atoms with Gasteiger partial charge in [0, 0.05) is 5.69 Å². The Labute approximate surface area is 112 Å². The Morgan fingerprint density at radius 1 is 1.21 bits per heavy atom. The van der Waals surface area contributed by atoms with E-state index in [0.29, 0.717) is 12.2 Å². The van der Waals surface area contributed by atoms with Crippen molar-refractivity contribution < 1.29 is 9.59 Å². The molecule has 2 fully saturated rings. The summed E-state index contributed by atoms with van der Waals surface area (Å²) in [6.07, 6.45) is 0. The van der Waals surface area contributed by atoms with Crippen molar-refractivity contribution >= 4 is 17.5 Å². The van der Waals surface area contributed by atoms with Gasteiger partial charge in [-0.2, -0.15) is 0 Å². The number of likely N-dealkylation sites (tertiary alicyclic amines) is 1. The van der Waals surface area contributed by atoms with Crippen molar-refractivity contribution in [2.24, 2.45) is 17.3 Å². The minimum atomic E-state index is -0.143. The van der Waals surface area contributed by atoms with E-state index in [1.165, 1.54) is 4.90 Å². The number of piperidine rings is 1. The highest BCUT2D eigenvalue weighted by atomic mass is 16.2. The fourth-order valence-corrected chi connectivity index (χ4v) is 3.20. The second-order valence-electron chi connectivity index (χ2n) is 6.17. The molecule has 1 saturated carbocycles. The van der Waals surface area contributed by atoms with Crippen LogP contribution >= 0.6 is 0 Å². The van der Waals surface area contributed by atoms with Gasteiger partial charge in [-0.3, -0.25) is 14.5 Å². The summed E-state index contributed by atoms with van der Waals surface area (Å²) in [4.78, 5) is 25.9. The van der Waals surface area contributed by atoms with E-state index in [9.17, 15) is 9.59 Å². The molecular weight excluding hydrogens is 240 g/mol. The van der Waals surface area contributed by atoms with Gasteiger partial charge in [-0.25, -0.2) is 0 Å². The topological polar surface area (TPSA) is 63.4 Å². The third-order valence-electron chi connectivity index (χ3n) is 4.71. The van der Waals surface area contributed by atoms with Crippen LogP contribution < -0.4 is 5.73 Å². The van der Waals surface area contributed by atoms with Crippen molar-refractivity contribution in [3.05, 3.63) is 29.3 Å². The first-order valence-corrected chi connectivity index (χ1v) is 6.55. The zero-order chi connectivity index (χ0) is 13.9. The lowest BCUT2D eigenvalue weighted by atomic mass is 10.0. The summed E-state index contributed by atoms with van der Waals surface area (Å²) < 4.78 is 0. The van der Waals surface area contributed by atoms with Gasteiger partial charge >= 0.3 is 0 Å². The SMILES string of the molecule is Cc1c(N)cccc1CN1C(=O)C2C(C1=O)C2(C)C. The molecule has 0 bridgehead atoms. The molecule has 1 aromatic carbocycles. The smallest absolute Gasteiger partial charge is 0.233 e. The lowest BCUT2D eigenvalue weighted by Gasteiger charge is -2.21. The van der Waals surface area contributed by atoms with E-state index in [2.05, 4.69) is 0 Å². The van der Waals surface area contributed by atoms with Gasteiger partial charge in [-0.15, -0.1) is 0 Å². The quantitative estimate of drug-likeness (QED) is 0.649. The molecular formula is C15H18N2O2. The summed E-state index contributed by atoms with van der Waals surface area (Å²) in [6.45, 7) is 6.24. The lowest BCUT2D eigenvalue weighted by Crippen LogP contribution is -2.35. The van der Waals surface area contributed by atoms with Crippen LogP contribution in [0.4, 0.5) is 5.69 Å². The molecule has 2 unspecified atom stereocenters. The van der Waals surface area contributed by atoms with Crippen LogP contribution in [0.2, 0.25) is 0 Å². The van der Waals surface area contributed by atoms with Crippen LogP contribution in [-0.2, 0) is 16.1 Å². The first-order valence-electron chi connectivity index (χ1n) is 6.55.